The number of aryl methyl sites for hydroxylation is 1. The van der Waals surface area contributed by atoms with E-state index in [0.29, 0.717) is 19.5 Å². The maximum atomic E-state index is 10.0. The molecule has 2 rings (SSSR count). The van der Waals surface area contributed by atoms with Crippen molar-refractivity contribution < 1.29 is 9.53 Å². The third-order valence-electron chi connectivity index (χ3n) is 2.37. The van der Waals surface area contributed by atoms with E-state index < -0.39 is 0 Å². The van der Waals surface area contributed by atoms with Gasteiger partial charge in [0.15, 0.2) is 0 Å². The van der Waals surface area contributed by atoms with Crippen molar-refractivity contribution in [1.82, 2.24) is 9.97 Å². The molecule has 16 heavy (non-hydrogen) atoms. The van der Waals surface area contributed by atoms with E-state index in [1.54, 1.807) is 0 Å². The van der Waals surface area contributed by atoms with E-state index in [-0.39, 0.29) is 0 Å². The van der Waals surface area contributed by atoms with Crippen LogP contribution in [0.2, 0.25) is 0 Å². The molecular formula is C12H12N2O2. The minimum atomic E-state index is 0.345. The number of fused-ring (bicyclic) bond motifs is 1. The van der Waals surface area contributed by atoms with Crippen LogP contribution >= 0.6 is 0 Å². The van der Waals surface area contributed by atoms with Gasteiger partial charge in [-0.25, -0.2) is 9.97 Å². The summed E-state index contributed by atoms with van der Waals surface area (Å²) < 4.78 is 4.66. The van der Waals surface area contributed by atoms with Gasteiger partial charge >= 0.3 is 0 Å². The SMILES string of the molecule is Cc1nc2ccccc2nc1CCOC=O. The Kier molecular flexibility index (Phi) is 3.10. The molecule has 0 bridgehead atoms. The molecule has 0 N–H and O–H groups in total. The van der Waals surface area contributed by atoms with E-state index >= 15 is 0 Å². The van der Waals surface area contributed by atoms with Crippen LogP contribution in [0.25, 0.3) is 11.0 Å². The van der Waals surface area contributed by atoms with Crippen LogP contribution in [0.1, 0.15) is 11.4 Å². The summed E-state index contributed by atoms with van der Waals surface area (Å²) in [7, 11) is 0. The first kappa shape index (κ1) is 10.5. The van der Waals surface area contributed by atoms with Gasteiger partial charge in [0.1, 0.15) is 0 Å². The predicted molar refractivity (Wildman–Crippen MR) is 60.0 cm³/mol. The van der Waals surface area contributed by atoms with Crippen molar-refractivity contribution in [2.45, 2.75) is 13.3 Å². The Hall–Kier alpha value is -1.97. The molecule has 1 aromatic heterocycles. The second-order valence-electron chi connectivity index (χ2n) is 3.46. The third kappa shape index (κ3) is 2.16. The second kappa shape index (κ2) is 4.70. The second-order valence-corrected chi connectivity index (χ2v) is 3.46. The first-order valence-electron chi connectivity index (χ1n) is 5.09. The highest BCUT2D eigenvalue weighted by atomic mass is 16.5. The smallest absolute Gasteiger partial charge is 0.293 e. The van der Waals surface area contributed by atoms with Crippen molar-refractivity contribution in [2.24, 2.45) is 0 Å². The van der Waals surface area contributed by atoms with Crippen molar-refractivity contribution in [3.63, 3.8) is 0 Å². The van der Waals surface area contributed by atoms with Crippen molar-refractivity contribution in [2.75, 3.05) is 6.61 Å². The molecule has 0 amide bonds. The highest BCUT2D eigenvalue weighted by molar-refractivity contribution is 5.74. The van der Waals surface area contributed by atoms with Crippen LogP contribution in [-0.2, 0) is 16.0 Å². The lowest BCUT2D eigenvalue weighted by atomic mass is 10.2. The van der Waals surface area contributed by atoms with Gasteiger partial charge in [-0.05, 0) is 19.1 Å². The highest BCUT2D eigenvalue weighted by Gasteiger charge is 2.04. The number of aromatic nitrogens is 2. The van der Waals surface area contributed by atoms with Crippen molar-refractivity contribution in [1.29, 1.82) is 0 Å². The molecule has 0 unspecified atom stereocenters. The maximum absolute atomic E-state index is 10.0. The summed E-state index contributed by atoms with van der Waals surface area (Å²) in [5.41, 5.74) is 3.52. The van der Waals surface area contributed by atoms with Crippen molar-refractivity contribution in [3.05, 3.63) is 35.7 Å². The van der Waals surface area contributed by atoms with Crippen LogP contribution in [-0.4, -0.2) is 23.0 Å². The number of carbonyl (C=O) groups excluding carboxylic acids is 1. The standard InChI is InChI=1S/C12H12N2O2/c1-9-10(6-7-16-8-15)14-12-5-3-2-4-11(12)13-9/h2-5,8H,6-7H2,1H3. The quantitative estimate of drug-likeness (QED) is 0.576. The molecule has 1 aromatic carbocycles. The van der Waals surface area contributed by atoms with Gasteiger partial charge in [0.05, 0.1) is 29.0 Å². The average molecular weight is 216 g/mol. The van der Waals surface area contributed by atoms with E-state index in [4.69, 9.17) is 0 Å². The number of carbonyl (C=O) groups is 1. The number of para-hydroxylation sites is 2. The fourth-order valence-corrected chi connectivity index (χ4v) is 1.57. The van der Waals surface area contributed by atoms with Crippen molar-refractivity contribution >= 4 is 17.5 Å². The molecule has 0 fully saturated rings. The fraction of sp³-hybridized carbons (Fsp3) is 0.250. The van der Waals surface area contributed by atoms with Gasteiger partial charge < -0.3 is 4.74 Å². The van der Waals surface area contributed by atoms with Gasteiger partial charge in [-0.1, -0.05) is 12.1 Å². The molecule has 0 radical (unpaired) electrons. The lowest BCUT2D eigenvalue weighted by Crippen LogP contribution is -2.03. The number of hydrogen-bond donors (Lipinski definition) is 0. The first-order valence-corrected chi connectivity index (χ1v) is 5.09. The highest BCUT2D eigenvalue weighted by Crippen LogP contribution is 2.12. The Labute approximate surface area is 93.3 Å². The van der Waals surface area contributed by atoms with Gasteiger partial charge in [0.2, 0.25) is 0 Å². The zero-order valence-electron chi connectivity index (χ0n) is 9.01. The van der Waals surface area contributed by atoms with Crippen LogP contribution in [0.5, 0.6) is 0 Å². The number of hydrogen-bond acceptors (Lipinski definition) is 4. The van der Waals surface area contributed by atoms with Gasteiger partial charge in [-0.2, -0.15) is 0 Å². The van der Waals surface area contributed by atoms with Crippen molar-refractivity contribution in [3.8, 4) is 0 Å². The molecule has 4 heteroatoms. The zero-order valence-corrected chi connectivity index (χ0v) is 9.01. The molecule has 0 atom stereocenters. The minimum Gasteiger partial charge on any atom is -0.467 e. The summed E-state index contributed by atoms with van der Waals surface area (Å²) in [5.74, 6) is 0. The van der Waals surface area contributed by atoms with E-state index in [1.165, 1.54) is 0 Å². The molecule has 0 spiro atoms. The topological polar surface area (TPSA) is 52.1 Å². The van der Waals surface area contributed by atoms with Gasteiger partial charge in [-0.3, -0.25) is 4.79 Å². The van der Waals surface area contributed by atoms with Crippen LogP contribution < -0.4 is 0 Å². The molecule has 0 saturated carbocycles. The fourth-order valence-electron chi connectivity index (χ4n) is 1.57. The minimum absolute atomic E-state index is 0.345. The number of ether oxygens (including phenoxy) is 1. The predicted octanol–water partition coefficient (Wildman–Crippen LogP) is 1.65. The van der Waals surface area contributed by atoms with E-state index in [0.717, 1.165) is 22.4 Å². The van der Waals surface area contributed by atoms with Crippen LogP contribution in [0.3, 0.4) is 0 Å². The van der Waals surface area contributed by atoms with Gasteiger partial charge in [0, 0.05) is 6.42 Å². The Morgan fingerprint density at radius 2 is 1.94 bits per heavy atom. The Morgan fingerprint density at radius 1 is 1.25 bits per heavy atom. The Balaban J connectivity index is 2.30. The van der Waals surface area contributed by atoms with Crippen LogP contribution in [0.4, 0.5) is 0 Å². The monoisotopic (exact) mass is 216 g/mol. The Morgan fingerprint density at radius 3 is 2.62 bits per heavy atom. The normalized spacial score (nSPS) is 10.3. The summed E-state index contributed by atoms with van der Waals surface area (Å²) in [6.45, 7) is 2.71. The van der Waals surface area contributed by atoms with E-state index in [1.807, 2.05) is 31.2 Å². The van der Waals surface area contributed by atoms with E-state index in [2.05, 4.69) is 14.7 Å². The lowest BCUT2D eigenvalue weighted by Gasteiger charge is -2.05. The molecule has 0 aliphatic carbocycles. The summed E-state index contributed by atoms with van der Waals surface area (Å²) in [6.07, 6.45) is 0.600. The summed E-state index contributed by atoms with van der Waals surface area (Å²) in [6, 6.07) is 7.72. The molecule has 0 aliphatic rings. The van der Waals surface area contributed by atoms with E-state index in [9.17, 15) is 4.79 Å². The average Bonchev–Trinajstić information content (AvgIpc) is 2.30. The molecule has 2 aromatic rings. The summed E-state index contributed by atoms with van der Waals surface area (Å²) in [5, 5.41) is 0. The Bertz CT molecular complexity index is 511. The summed E-state index contributed by atoms with van der Waals surface area (Å²) in [4.78, 5) is 19.0. The van der Waals surface area contributed by atoms with Crippen LogP contribution in [0, 0.1) is 6.92 Å². The van der Waals surface area contributed by atoms with Crippen LogP contribution in [0.15, 0.2) is 24.3 Å². The van der Waals surface area contributed by atoms with Gasteiger partial charge in [-0.15, -0.1) is 0 Å². The number of nitrogens with zero attached hydrogens (tertiary/aromatic N) is 2. The number of rotatable bonds is 4. The first-order chi connectivity index (χ1) is 7.81. The third-order valence-corrected chi connectivity index (χ3v) is 2.37. The molecule has 0 aliphatic heterocycles. The molecule has 0 saturated heterocycles. The van der Waals surface area contributed by atoms with Gasteiger partial charge in [0.25, 0.3) is 6.47 Å². The lowest BCUT2D eigenvalue weighted by molar-refractivity contribution is -0.128. The maximum Gasteiger partial charge on any atom is 0.293 e. The molecular weight excluding hydrogens is 204 g/mol. The molecule has 82 valence electrons. The largest absolute Gasteiger partial charge is 0.467 e. The zero-order chi connectivity index (χ0) is 11.4. The summed E-state index contributed by atoms with van der Waals surface area (Å²) >= 11 is 0. The molecule has 1 heterocycles. The molecule has 4 nitrogen and oxygen atoms in total. The number of benzene rings is 1.